The first-order chi connectivity index (χ1) is 16.1. The number of morpholine rings is 1. The molecule has 0 radical (unpaired) electrons. The Kier molecular flexibility index (Phi) is 6.05. The van der Waals surface area contributed by atoms with Crippen LogP contribution in [0.5, 0.6) is 0 Å². The van der Waals surface area contributed by atoms with Gasteiger partial charge in [-0.25, -0.2) is 29.1 Å². The van der Waals surface area contributed by atoms with E-state index in [9.17, 15) is 9.18 Å². The Bertz CT molecular complexity index is 1180. The van der Waals surface area contributed by atoms with Crippen LogP contribution < -0.4 is 10.6 Å². The molecule has 5 rings (SSSR count). The highest BCUT2D eigenvalue weighted by atomic mass is 35.5. The van der Waals surface area contributed by atoms with E-state index in [1.807, 2.05) is 9.80 Å². The Morgan fingerprint density at radius 1 is 1.15 bits per heavy atom. The summed E-state index contributed by atoms with van der Waals surface area (Å²) in [6.07, 6.45) is 3.81. The zero-order valence-corrected chi connectivity index (χ0v) is 18.4. The van der Waals surface area contributed by atoms with E-state index < -0.39 is 5.82 Å². The van der Waals surface area contributed by atoms with E-state index in [2.05, 4.69) is 30.6 Å². The first-order valence-electron chi connectivity index (χ1n) is 10.6. The minimum atomic E-state index is -0.499. The van der Waals surface area contributed by atoms with Gasteiger partial charge < -0.3 is 25.2 Å². The van der Waals surface area contributed by atoms with Crippen LogP contribution in [-0.2, 0) is 4.74 Å². The quantitative estimate of drug-likeness (QED) is 0.596. The van der Waals surface area contributed by atoms with E-state index in [4.69, 9.17) is 16.3 Å². The number of carbonyl (C=O) groups excluding carboxylic acids is 1. The van der Waals surface area contributed by atoms with Gasteiger partial charge in [-0.05, 0) is 24.6 Å². The lowest BCUT2D eigenvalue weighted by Gasteiger charge is -2.31. The highest BCUT2D eigenvalue weighted by Crippen LogP contribution is 2.25. The van der Waals surface area contributed by atoms with E-state index in [0.717, 1.165) is 6.42 Å². The predicted molar refractivity (Wildman–Crippen MR) is 121 cm³/mol. The third-order valence-electron chi connectivity index (χ3n) is 5.63. The molecule has 2 fully saturated rings. The predicted octanol–water partition coefficient (Wildman–Crippen LogP) is 2.89. The zero-order valence-electron chi connectivity index (χ0n) is 17.7. The summed E-state index contributed by atoms with van der Waals surface area (Å²) < 4.78 is 18.8. The normalized spacial score (nSPS) is 18.5. The Morgan fingerprint density at radius 2 is 2.00 bits per heavy atom. The highest BCUT2D eigenvalue weighted by Gasteiger charge is 2.30. The highest BCUT2D eigenvalue weighted by molar-refractivity contribution is 6.31. The number of nitrogens with zero attached hydrogens (tertiary/aromatic N) is 6. The number of halogens is 2. The third-order valence-corrected chi connectivity index (χ3v) is 5.92. The largest absolute Gasteiger partial charge is 0.378 e. The molecule has 0 spiro atoms. The molecule has 10 nitrogen and oxygen atoms in total. The van der Waals surface area contributed by atoms with Crippen LogP contribution in [0.15, 0.2) is 30.7 Å². The van der Waals surface area contributed by atoms with Crippen LogP contribution in [0.1, 0.15) is 6.42 Å². The zero-order chi connectivity index (χ0) is 22.8. The summed E-state index contributed by atoms with van der Waals surface area (Å²) in [6, 6.07) is 4.39. The fourth-order valence-electron chi connectivity index (χ4n) is 3.91. The number of hydrogen-bond acceptors (Lipinski definition) is 8. The summed E-state index contributed by atoms with van der Waals surface area (Å²) in [5.41, 5.74) is 1.64. The summed E-state index contributed by atoms with van der Waals surface area (Å²) in [7, 11) is 0. The molecule has 2 N–H and O–H groups in total. The van der Waals surface area contributed by atoms with Gasteiger partial charge in [0.05, 0.1) is 24.4 Å². The fourth-order valence-corrected chi connectivity index (χ4v) is 4.10. The molecule has 172 valence electrons. The van der Waals surface area contributed by atoms with E-state index in [1.54, 1.807) is 12.3 Å². The number of carbonyl (C=O) groups is 1. The molecule has 33 heavy (non-hydrogen) atoms. The molecule has 0 bridgehead atoms. The number of urea groups is 1. The Balaban J connectivity index is 1.29. The molecule has 3 aromatic rings. The lowest BCUT2D eigenvalue weighted by atomic mass is 10.3. The van der Waals surface area contributed by atoms with Crippen molar-refractivity contribution in [3.05, 3.63) is 41.6 Å². The summed E-state index contributed by atoms with van der Waals surface area (Å²) >= 11 is 5.88. The molecule has 4 heterocycles. The van der Waals surface area contributed by atoms with E-state index >= 15 is 0 Å². The van der Waals surface area contributed by atoms with Crippen molar-refractivity contribution in [3.8, 4) is 0 Å². The standard InChI is InChI=1S/C21H22ClFN8O2/c22-15-9-13(1-2-16(15)23)27-19-18-17(25-12-26-19)10-24-20(29-18)28-14-3-4-31(11-14)21(32)30-5-7-33-8-6-30/h1-2,9-10,12,14H,3-8,11H2,(H,24,28,29)(H,25,26,27). The molecule has 0 aliphatic carbocycles. The number of rotatable bonds is 4. The second kappa shape index (κ2) is 9.28. The van der Waals surface area contributed by atoms with Gasteiger partial charge in [0.1, 0.15) is 23.2 Å². The first-order valence-corrected chi connectivity index (χ1v) is 11.0. The Hall–Kier alpha value is -3.31. The number of ether oxygens (including phenoxy) is 1. The number of aromatic nitrogens is 4. The van der Waals surface area contributed by atoms with Crippen molar-refractivity contribution in [1.29, 1.82) is 0 Å². The van der Waals surface area contributed by atoms with Crippen LogP contribution in [-0.4, -0.2) is 81.2 Å². The lowest BCUT2D eigenvalue weighted by molar-refractivity contribution is 0.0451. The molecule has 2 aromatic heterocycles. The number of amides is 2. The topological polar surface area (TPSA) is 108 Å². The van der Waals surface area contributed by atoms with Crippen LogP contribution in [0.2, 0.25) is 5.02 Å². The lowest BCUT2D eigenvalue weighted by Crippen LogP contribution is -2.47. The minimum absolute atomic E-state index is 0.00718. The molecule has 1 unspecified atom stereocenters. The van der Waals surface area contributed by atoms with Crippen LogP contribution in [0.25, 0.3) is 11.0 Å². The number of likely N-dealkylation sites (tertiary alicyclic amines) is 1. The van der Waals surface area contributed by atoms with Crippen molar-refractivity contribution in [2.45, 2.75) is 12.5 Å². The van der Waals surface area contributed by atoms with Crippen molar-refractivity contribution in [2.24, 2.45) is 0 Å². The molecule has 0 saturated carbocycles. The minimum Gasteiger partial charge on any atom is -0.378 e. The van der Waals surface area contributed by atoms with E-state index in [-0.39, 0.29) is 17.1 Å². The smallest absolute Gasteiger partial charge is 0.320 e. The molecule has 1 aromatic carbocycles. The van der Waals surface area contributed by atoms with Gasteiger partial charge in [0.2, 0.25) is 5.95 Å². The van der Waals surface area contributed by atoms with Crippen LogP contribution >= 0.6 is 11.6 Å². The Morgan fingerprint density at radius 3 is 2.82 bits per heavy atom. The van der Waals surface area contributed by atoms with Gasteiger partial charge >= 0.3 is 6.03 Å². The molecule has 1 atom stereocenters. The molecule has 2 aliphatic heterocycles. The molecular weight excluding hydrogens is 451 g/mol. The van der Waals surface area contributed by atoms with Gasteiger partial charge in [-0.2, -0.15) is 0 Å². The number of benzene rings is 1. The second-order valence-electron chi connectivity index (χ2n) is 7.86. The summed E-state index contributed by atoms with van der Waals surface area (Å²) in [6.45, 7) is 3.64. The second-order valence-corrected chi connectivity index (χ2v) is 8.27. The maximum atomic E-state index is 13.5. The monoisotopic (exact) mass is 472 g/mol. The average molecular weight is 473 g/mol. The van der Waals surface area contributed by atoms with Gasteiger partial charge in [-0.15, -0.1) is 0 Å². The summed E-state index contributed by atoms with van der Waals surface area (Å²) in [5, 5.41) is 6.43. The first kappa shape index (κ1) is 21.5. The van der Waals surface area contributed by atoms with Gasteiger partial charge in [0, 0.05) is 37.9 Å². The van der Waals surface area contributed by atoms with Gasteiger partial charge in [0.25, 0.3) is 0 Å². The molecule has 12 heteroatoms. The summed E-state index contributed by atoms with van der Waals surface area (Å²) in [5.74, 6) is 0.369. The van der Waals surface area contributed by atoms with Crippen molar-refractivity contribution in [2.75, 3.05) is 50.0 Å². The van der Waals surface area contributed by atoms with Gasteiger partial charge in [-0.1, -0.05) is 11.6 Å². The van der Waals surface area contributed by atoms with Crippen LogP contribution in [0.3, 0.4) is 0 Å². The molecule has 2 aliphatic rings. The maximum absolute atomic E-state index is 13.5. The average Bonchev–Trinajstić information content (AvgIpc) is 3.30. The molecular formula is C21H22ClFN8O2. The molecule has 2 amide bonds. The Labute approximate surface area is 194 Å². The van der Waals surface area contributed by atoms with Crippen molar-refractivity contribution in [1.82, 2.24) is 29.7 Å². The fraction of sp³-hybridized carbons (Fsp3) is 0.381. The van der Waals surface area contributed by atoms with Crippen molar-refractivity contribution < 1.29 is 13.9 Å². The van der Waals surface area contributed by atoms with Crippen molar-refractivity contribution >= 4 is 46.1 Å². The number of nitrogens with one attached hydrogen (secondary N) is 2. The van der Waals surface area contributed by atoms with Crippen molar-refractivity contribution in [3.63, 3.8) is 0 Å². The third kappa shape index (κ3) is 4.74. The maximum Gasteiger partial charge on any atom is 0.320 e. The van der Waals surface area contributed by atoms with Crippen LogP contribution in [0, 0.1) is 5.82 Å². The van der Waals surface area contributed by atoms with Gasteiger partial charge in [0.15, 0.2) is 5.82 Å². The number of hydrogen-bond donors (Lipinski definition) is 2. The molecule has 2 saturated heterocycles. The van der Waals surface area contributed by atoms with E-state index in [1.165, 1.54) is 18.5 Å². The van der Waals surface area contributed by atoms with Gasteiger partial charge in [-0.3, -0.25) is 0 Å². The SMILES string of the molecule is O=C(N1CCOCC1)N1CCC(Nc2ncc3ncnc(Nc4ccc(F)c(Cl)c4)c3n2)C1. The number of anilines is 3. The van der Waals surface area contributed by atoms with Crippen LogP contribution in [0.4, 0.5) is 26.6 Å². The number of fused-ring (bicyclic) bond motifs is 1. The summed E-state index contributed by atoms with van der Waals surface area (Å²) in [4.78, 5) is 33.8. The van der Waals surface area contributed by atoms with E-state index in [0.29, 0.717) is 67.9 Å².